The van der Waals surface area contributed by atoms with Gasteiger partial charge in [-0.25, -0.2) is 0 Å². The van der Waals surface area contributed by atoms with E-state index in [-0.39, 0.29) is 11.7 Å². The molecule has 4 heteroatoms. The Labute approximate surface area is 124 Å². The van der Waals surface area contributed by atoms with E-state index < -0.39 is 0 Å². The van der Waals surface area contributed by atoms with Crippen LogP contribution in [0, 0.1) is 6.92 Å². The third kappa shape index (κ3) is 3.48. The van der Waals surface area contributed by atoms with Crippen LogP contribution in [0.3, 0.4) is 0 Å². The minimum absolute atomic E-state index is 0.0242. The zero-order valence-corrected chi connectivity index (χ0v) is 12.4. The summed E-state index contributed by atoms with van der Waals surface area (Å²) < 4.78 is 0. The summed E-state index contributed by atoms with van der Waals surface area (Å²) in [5.74, 6) is -0.217. The van der Waals surface area contributed by atoms with E-state index in [0.717, 1.165) is 11.3 Å². The van der Waals surface area contributed by atoms with E-state index in [9.17, 15) is 9.59 Å². The number of amides is 1. The topological polar surface area (TPSA) is 58.2 Å². The first-order chi connectivity index (χ1) is 10.0. The lowest BCUT2D eigenvalue weighted by molar-refractivity contribution is 0.101. The van der Waals surface area contributed by atoms with E-state index in [1.807, 2.05) is 32.2 Å². The van der Waals surface area contributed by atoms with E-state index in [0.29, 0.717) is 16.8 Å². The highest BCUT2D eigenvalue weighted by Crippen LogP contribution is 2.19. The molecule has 0 radical (unpaired) electrons. The summed E-state index contributed by atoms with van der Waals surface area (Å²) in [5.41, 5.74) is 3.68. The predicted octanol–water partition coefficient (Wildman–Crippen LogP) is 3.49. The number of anilines is 2. The molecule has 0 bridgehead atoms. The fourth-order valence-corrected chi connectivity index (χ4v) is 1.96. The minimum atomic E-state index is -0.193. The first-order valence-corrected chi connectivity index (χ1v) is 6.72. The molecule has 2 aromatic rings. The predicted molar refractivity (Wildman–Crippen MR) is 85.1 cm³/mol. The van der Waals surface area contributed by atoms with Crippen molar-refractivity contribution >= 4 is 23.1 Å². The molecular formula is C17H18N2O2. The lowest BCUT2D eigenvalue weighted by Gasteiger charge is -2.10. The van der Waals surface area contributed by atoms with Gasteiger partial charge in [0, 0.05) is 29.5 Å². The highest BCUT2D eigenvalue weighted by Gasteiger charge is 2.09. The van der Waals surface area contributed by atoms with Crippen LogP contribution in [0.15, 0.2) is 42.5 Å². The van der Waals surface area contributed by atoms with Crippen LogP contribution in [0.1, 0.15) is 33.2 Å². The molecule has 0 aliphatic carbocycles. The average molecular weight is 282 g/mol. The maximum atomic E-state index is 12.2. The Kier molecular flexibility index (Phi) is 4.38. The van der Waals surface area contributed by atoms with Crippen molar-refractivity contribution in [1.29, 1.82) is 0 Å². The fourth-order valence-electron chi connectivity index (χ4n) is 1.96. The van der Waals surface area contributed by atoms with Crippen molar-refractivity contribution < 1.29 is 9.59 Å². The molecule has 0 fully saturated rings. The molecule has 0 saturated heterocycles. The molecule has 0 atom stereocenters. The summed E-state index contributed by atoms with van der Waals surface area (Å²) >= 11 is 0. The van der Waals surface area contributed by atoms with Crippen LogP contribution in [0.5, 0.6) is 0 Å². The number of aryl methyl sites for hydroxylation is 1. The van der Waals surface area contributed by atoms with Gasteiger partial charge in [-0.1, -0.05) is 12.1 Å². The number of benzene rings is 2. The smallest absolute Gasteiger partial charge is 0.255 e. The highest BCUT2D eigenvalue weighted by atomic mass is 16.1. The molecule has 0 aliphatic heterocycles. The molecule has 0 aliphatic rings. The maximum absolute atomic E-state index is 12.2. The van der Waals surface area contributed by atoms with Gasteiger partial charge in [0.05, 0.1) is 0 Å². The van der Waals surface area contributed by atoms with E-state index >= 15 is 0 Å². The van der Waals surface area contributed by atoms with Crippen molar-refractivity contribution in [2.75, 3.05) is 17.7 Å². The van der Waals surface area contributed by atoms with Crippen molar-refractivity contribution in [1.82, 2.24) is 0 Å². The zero-order chi connectivity index (χ0) is 15.4. The summed E-state index contributed by atoms with van der Waals surface area (Å²) in [4.78, 5) is 23.6. The van der Waals surface area contributed by atoms with Crippen molar-refractivity contribution in [3.63, 3.8) is 0 Å². The van der Waals surface area contributed by atoms with E-state index in [2.05, 4.69) is 10.6 Å². The number of rotatable bonds is 4. The van der Waals surface area contributed by atoms with Crippen molar-refractivity contribution in [2.45, 2.75) is 13.8 Å². The zero-order valence-electron chi connectivity index (χ0n) is 12.4. The van der Waals surface area contributed by atoms with Crippen LogP contribution >= 0.6 is 0 Å². The summed E-state index contributed by atoms with van der Waals surface area (Å²) in [6.45, 7) is 3.40. The molecule has 0 unspecified atom stereocenters. The van der Waals surface area contributed by atoms with Crippen molar-refractivity contribution in [3.8, 4) is 0 Å². The number of Topliss-reactive ketones (excluding diaryl/α,β-unsaturated/α-hetero) is 1. The minimum Gasteiger partial charge on any atom is -0.388 e. The Morgan fingerprint density at radius 3 is 2.14 bits per heavy atom. The van der Waals surface area contributed by atoms with Gasteiger partial charge in [0.2, 0.25) is 0 Å². The van der Waals surface area contributed by atoms with Gasteiger partial charge in [0.1, 0.15) is 0 Å². The van der Waals surface area contributed by atoms with E-state index in [1.54, 1.807) is 24.3 Å². The normalized spacial score (nSPS) is 10.0. The molecule has 2 rings (SSSR count). The summed E-state index contributed by atoms with van der Waals surface area (Å²) in [6, 6.07) is 12.5. The SMILES string of the molecule is CNc1ccc(C(=O)Nc2cc(C(C)=O)ccc2C)cc1. The molecule has 0 aromatic heterocycles. The molecule has 2 N–H and O–H groups in total. The van der Waals surface area contributed by atoms with Gasteiger partial charge in [-0.2, -0.15) is 0 Å². The fraction of sp³-hybridized carbons (Fsp3) is 0.176. The second-order valence-corrected chi connectivity index (χ2v) is 4.87. The van der Waals surface area contributed by atoms with Gasteiger partial charge in [0.15, 0.2) is 5.78 Å². The Morgan fingerprint density at radius 1 is 0.952 bits per heavy atom. The first-order valence-electron chi connectivity index (χ1n) is 6.72. The Morgan fingerprint density at radius 2 is 1.57 bits per heavy atom. The molecule has 4 nitrogen and oxygen atoms in total. The summed E-state index contributed by atoms with van der Waals surface area (Å²) in [6.07, 6.45) is 0. The molecule has 0 heterocycles. The summed E-state index contributed by atoms with van der Waals surface area (Å²) in [5, 5.41) is 5.85. The highest BCUT2D eigenvalue weighted by molar-refractivity contribution is 6.05. The Hall–Kier alpha value is -2.62. The molecule has 21 heavy (non-hydrogen) atoms. The second kappa shape index (κ2) is 6.22. The van der Waals surface area contributed by atoms with Crippen LogP contribution < -0.4 is 10.6 Å². The molecular weight excluding hydrogens is 264 g/mol. The van der Waals surface area contributed by atoms with Crippen LogP contribution in [-0.2, 0) is 0 Å². The Balaban J connectivity index is 2.22. The monoisotopic (exact) mass is 282 g/mol. The van der Waals surface area contributed by atoms with Gasteiger partial charge in [-0.05, 0) is 49.7 Å². The number of ketones is 1. The lowest BCUT2D eigenvalue weighted by Crippen LogP contribution is -2.13. The second-order valence-electron chi connectivity index (χ2n) is 4.87. The third-order valence-electron chi connectivity index (χ3n) is 3.33. The van der Waals surface area contributed by atoms with Gasteiger partial charge in [-0.15, -0.1) is 0 Å². The number of hydrogen-bond donors (Lipinski definition) is 2. The number of hydrogen-bond acceptors (Lipinski definition) is 3. The molecule has 0 spiro atoms. The average Bonchev–Trinajstić information content (AvgIpc) is 2.49. The largest absolute Gasteiger partial charge is 0.388 e. The van der Waals surface area contributed by atoms with Crippen LogP contribution in [0.4, 0.5) is 11.4 Å². The lowest BCUT2D eigenvalue weighted by atomic mass is 10.1. The first kappa shape index (κ1) is 14.8. The molecule has 1 amide bonds. The number of carbonyl (C=O) groups excluding carboxylic acids is 2. The molecule has 0 saturated carbocycles. The van der Waals surface area contributed by atoms with Gasteiger partial charge in [0.25, 0.3) is 5.91 Å². The van der Waals surface area contributed by atoms with Crippen LogP contribution in [0.25, 0.3) is 0 Å². The van der Waals surface area contributed by atoms with Crippen LogP contribution in [0.2, 0.25) is 0 Å². The van der Waals surface area contributed by atoms with E-state index in [4.69, 9.17) is 0 Å². The molecule has 108 valence electrons. The van der Waals surface area contributed by atoms with Crippen molar-refractivity contribution in [3.05, 3.63) is 59.2 Å². The maximum Gasteiger partial charge on any atom is 0.255 e. The van der Waals surface area contributed by atoms with Crippen molar-refractivity contribution in [2.24, 2.45) is 0 Å². The standard InChI is InChI=1S/C17H18N2O2/c1-11-4-5-14(12(2)20)10-16(11)19-17(21)13-6-8-15(18-3)9-7-13/h4-10,18H,1-3H3,(H,19,21). The van der Waals surface area contributed by atoms with E-state index in [1.165, 1.54) is 6.92 Å². The van der Waals surface area contributed by atoms with Gasteiger partial charge in [-0.3, -0.25) is 9.59 Å². The Bertz CT molecular complexity index is 676. The van der Waals surface area contributed by atoms with Gasteiger partial charge < -0.3 is 10.6 Å². The quantitative estimate of drug-likeness (QED) is 0.844. The molecule has 2 aromatic carbocycles. The summed E-state index contributed by atoms with van der Waals surface area (Å²) in [7, 11) is 1.83. The number of carbonyl (C=O) groups is 2. The third-order valence-corrected chi connectivity index (χ3v) is 3.33. The van der Waals surface area contributed by atoms with Gasteiger partial charge >= 0.3 is 0 Å². The number of nitrogens with one attached hydrogen (secondary N) is 2. The van der Waals surface area contributed by atoms with Crippen LogP contribution in [-0.4, -0.2) is 18.7 Å².